The molecule has 0 bridgehead atoms. The summed E-state index contributed by atoms with van der Waals surface area (Å²) in [4.78, 5) is 28.0. The summed E-state index contributed by atoms with van der Waals surface area (Å²) in [5, 5.41) is 15.7. The Bertz CT molecular complexity index is 1100. The highest BCUT2D eigenvalue weighted by molar-refractivity contribution is 5.94. The molecule has 12 heteroatoms. The maximum atomic E-state index is 13.1. The first-order valence-corrected chi connectivity index (χ1v) is 10.1. The lowest BCUT2D eigenvalue weighted by Gasteiger charge is -2.21. The fourth-order valence-corrected chi connectivity index (χ4v) is 3.52. The van der Waals surface area contributed by atoms with E-state index in [1.165, 1.54) is 0 Å². The van der Waals surface area contributed by atoms with Crippen molar-refractivity contribution < 1.29 is 27.9 Å². The molecule has 0 saturated heterocycles. The molecule has 4 rings (SSSR count). The van der Waals surface area contributed by atoms with Crippen molar-refractivity contribution in [3.05, 3.63) is 65.0 Å². The third-order valence-electron chi connectivity index (χ3n) is 4.95. The number of hydrogen-bond acceptors (Lipinski definition) is 5. The second-order valence-corrected chi connectivity index (χ2v) is 7.70. The van der Waals surface area contributed by atoms with Crippen molar-refractivity contribution in [3.63, 3.8) is 0 Å². The van der Waals surface area contributed by atoms with Crippen molar-refractivity contribution >= 4 is 11.9 Å². The van der Waals surface area contributed by atoms with Gasteiger partial charge in [0, 0.05) is 31.0 Å². The van der Waals surface area contributed by atoms with E-state index in [0.717, 1.165) is 47.6 Å². The molecule has 0 aliphatic carbocycles. The lowest BCUT2D eigenvalue weighted by molar-refractivity contribution is -0.192. The molecule has 0 spiro atoms. The van der Waals surface area contributed by atoms with E-state index in [-0.39, 0.29) is 5.91 Å². The fraction of sp³-hybridized carbons (Fsp3) is 0.381. The number of nitrogens with zero attached hydrogens (tertiary/aromatic N) is 6. The molecule has 1 aliphatic rings. The predicted octanol–water partition coefficient (Wildman–Crippen LogP) is 2.82. The summed E-state index contributed by atoms with van der Waals surface area (Å²) in [5.41, 5.74) is 4.86. The molecule has 0 unspecified atom stereocenters. The van der Waals surface area contributed by atoms with Gasteiger partial charge < -0.3 is 14.6 Å². The Balaban J connectivity index is 0.000000383. The molecule has 3 heterocycles. The number of amides is 1. The third kappa shape index (κ3) is 6.18. The van der Waals surface area contributed by atoms with Gasteiger partial charge in [-0.05, 0) is 32.4 Å². The maximum absolute atomic E-state index is 13.1. The number of benzene rings is 1. The molecule has 33 heavy (non-hydrogen) atoms. The van der Waals surface area contributed by atoms with Crippen molar-refractivity contribution in [1.29, 1.82) is 0 Å². The molecule has 1 aliphatic heterocycles. The van der Waals surface area contributed by atoms with Crippen LogP contribution in [0.3, 0.4) is 0 Å². The number of aliphatic carboxylic acids is 1. The number of alkyl halides is 3. The van der Waals surface area contributed by atoms with Gasteiger partial charge in [-0.1, -0.05) is 22.4 Å². The summed E-state index contributed by atoms with van der Waals surface area (Å²) in [5.74, 6) is -2.69. The van der Waals surface area contributed by atoms with Crippen LogP contribution in [-0.4, -0.2) is 59.1 Å². The second-order valence-electron chi connectivity index (χ2n) is 7.70. The highest BCUT2D eigenvalue weighted by Crippen LogP contribution is 2.19. The first-order chi connectivity index (χ1) is 15.5. The van der Waals surface area contributed by atoms with Gasteiger partial charge in [-0.2, -0.15) is 13.2 Å². The molecular formula is C21H23F3N6O3. The van der Waals surface area contributed by atoms with E-state index in [0.29, 0.717) is 13.1 Å². The van der Waals surface area contributed by atoms with Gasteiger partial charge in [0.1, 0.15) is 5.69 Å². The smallest absolute Gasteiger partial charge is 0.475 e. The summed E-state index contributed by atoms with van der Waals surface area (Å²) in [6.45, 7) is 6.69. The van der Waals surface area contributed by atoms with E-state index in [2.05, 4.69) is 21.4 Å². The van der Waals surface area contributed by atoms with Crippen LogP contribution in [0.5, 0.6) is 0 Å². The number of aromatic nitrogens is 5. The Hall–Kier alpha value is -3.70. The van der Waals surface area contributed by atoms with Crippen LogP contribution in [0.4, 0.5) is 13.2 Å². The van der Waals surface area contributed by atoms with Crippen molar-refractivity contribution in [2.24, 2.45) is 0 Å². The van der Waals surface area contributed by atoms with Gasteiger partial charge >= 0.3 is 12.1 Å². The van der Waals surface area contributed by atoms with Gasteiger partial charge in [0.2, 0.25) is 0 Å². The van der Waals surface area contributed by atoms with Crippen molar-refractivity contribution in [3.8, 4) is 0 Å². The monoisotopic (exact) mass is 464 g/mol. The maximum Gasteiger partial charge on any atom is 0.490 e. The number of carboxylic acid groups (broad SMARTS) is 1. The minimum absolute atomic E-state index is 0.0695. The highest BCUT2D eigenvalue weighted by Gasteiger charge is 2.38. The van der Waals surface area contributed by atoms with Gasteiger partial charge in [-0.25, -0.2) is 14.5 Å². The number of imidazole rings is 1. The van der Waals surface area contributed by atoms with Gasteiger partial charge in [0.25, 0.3) is 5.91 Å². The molecule has 176 valence electrons. The fourth-order valence-electron chi connectivity index (χ4n) is 3.52. The quantitative estimate of drug-likeness (QED) is 0.639. The van der Waals surface area contributed by atoms with Gasteiger partial charge in [0.05, 0.1) is 25.1 Å². The molecule has 0 atom stereocenters. The lowest BCUT2D eigenvalue weighted by atomic mass is 10.1. The van der Waals surface area contributed by atoms with Gasteiger partial charge in [-0.3, -0.25) is 4.79 Å². The average molecular weight is 464 g/mol. The van der Waals surface area contributed by atoms with Crippen LogP contribution in [-0.2, 0) is 24.4 Å². The van der Waals surface area contributed by atoms with Crippen LogP contribution in [0.2, 0.25) is 0 Å². The molecule has 1 N–H and O–H groups in total. The Morgan fingerprint density at radius 2 is 1.79 bits per heavy atom. The number of carbonyl (C=O) groups is 2. The number of fused-ring (bicyclic) bond motifs is 1. The summed E-state index contributed by atoms with van der Waals surface area (Å²) in [6.07, 6.45) is 1.21. The molecule has 0 saturated carbocycles. The minimum atomic E-state index is -5.08. The molecule has 0 fully saturated rings. The summed E-state index contributed by atoms with van der Waals surface area (Å²) < 4.78 is 35.6. The first-order valence-electron chi connectivity index (χ1n) is 10.1. The van der Waals surface area contributed by atoms with Crippen molar-refractivity contribution in [2.75, 3.05) is 6.54 Å². The standard InChI is InChI=1S/C19H22N6O.C2HF3O2/c1-14-8-15(2)10-16(9-14)19(26)24-5-3-6-25-18(12-24)17(21-22-25)11-23-7-4-20-13-23;3-2(4,5)1(6)7/h4,7-10,13H,3,5-6,11-12H2,1-2H3;(H,6,7). The molecule has 1 amide bonds. The van der Waals surface area contributed by atoms with E-state index in [4.69, 9.17) is 9.90 Å². The number of halogens is 3. The molecule has 9 nitrogen and oxygen atoms in total. The Labute approximate surface area is 187 Å². The zero-order valence-electron chi connectivity index (χ0n) is 18.1. The molecule has 3 aromatic rings. The van der Waals surface area contributed by atoms with Crippen LogP contribution in [0.25, 0.3) is 0 Å². The second kappa shape index (κ2) is 9.84. The van der Waals surface area contributed by atoms with Crippen LogP contribution < -0.4 is 0 Å². The van der Waals surface area contributed by atoms with E-state index in [9.17, 15) is 18.0 Å². The molecule has 1 aromatic carbocycles. The summed E-state index contributed by atoms with van der Waals surface area (Å²) in [7, 11) is 0. The molecule has 0 radical (unpaired) electrons. The van der Waals surface area contributed by atoms with Crippen LogP contribution >= 0.6 is 0 Å². The topological polar surface area (TPSA) is 106 Å². The van der Waals surface area contributed by atoms with Crippen LogP contribution in [0.1, 0.15) is 39.3 Å². The number of carboxylic acids is 1. The van der Waals surface area contributed by atoms with Gasteiger partial charge in [-0.15, -0.1) is 5.10 Å². The van der Waals surface area contributed by atoms with E-state index < -0.39 is 12.1 Å². The number of aryl methyl sites for hydroxylation is 3. The summed E-state index contributed by atoms with van der Waals surface area (Å²) >= 11 is 0. The Morgan fingerprint density at radius 1 is 1.12 bits per heavy atom. The van der Waals surface area contributed by atoms with Gasteiger partial charge in [0.15, 0.2) is 0 Å². The van der Waals surface area contributed by atoms with Crippen LogP contribution in [0, 0.1) is 13.8 Å². The lowest BCUT2D eigenvalue weighted by Crippen LogP contribution is -2.31. The van der Waals surface area contributed by atoms with E-state index in [1.54, 1.807) is 12.5 Å². The van der Waals surface area contributed by atoms with Crippen LogP contribution in [0.15, 0.2) is 36.9 Å². The third-order valence-corrected chi connectivity index (χ3v) is 4.95. The highest BCUT2D eigenvalue weighted by atomic mass is 19.4. The zero-order valence-corrected chi connectivity index (χ0v) is 18.1. The molecule has 2 aromatic heterocycles. The average Bonchev–Trinajstić information content (AvgIpc) is 3.31. The van der Waals surface area contributed by atoms with Crippen molar-refractivity contribution in [1.82, 2.24) is 29.4 Å². The number of hydrogen-bond donors (Lipinski definition) is 1. The minimum Gasteiger partial charge on any atom is -0.475 e. The Kier molecular flexibility index (Phi) is 7.14. The normalized spacial score (nSPS) is 13.5. The number of carbonyl (C=O) groups excluding carboxylic acids is 1. The van der Waals surface area contributed by atoms with E-state index in [1.807, 2.05) is 46.3 Å². The largest absolute Gasteiger partial charge is 0.490 e. The molecular weight excluding hydrogens is 441 g/mol. The zero-order chi connectivity index (χ0) is 24.2. The first kappa shape index (κ1) is 24.0. The van der Waals surface area contributed by atoms with E-state index >= 15 is 0 Å². The number of rotatable bonds is 3. The SMILES string of the molecule is Cc1cc(C)cc(C(=O)N2CCCn3nnc(Cn4ccnc4)c3C2)c1.O=C(O)C(F)(F)F. The van der Waals surface area contributed by atoms with Crippen molar-refractivity contribution in [2.45, 2.75) is 46.1 Å². The summed E-state index contributed by atoms with van der Waals surface area (Å²) in [6, 6.07) is 6.01. The predicted molar refractivity (Wildman–Crippen MR) is 110 cm³/mol. The Morgan fingerprint density at radius 3 is 2.36 bits per heavy atom.